The molecule has 0 saturated carbocycles. The van der Waals surface area contributed by atoms with Gasteiger partial charge in [-0.25, -0.2) is 4.79 Å². The highest BCUT2D eigenvalue weighted by Crippen LogP contribution is 2.28. The summed E-state index contributed by atoms with van der Waals surface area (Å²) in [5, 5.41) is 5.09. The van der Waals surface area contributed by atoms with E-state index in [-0.39, 0.29) is 35.8 Å². The van der Waals surface area contributed by atoms with E-state index in [0.29, 0.717) is 12.5 Å². The van der Waals surface area contributed by atoms with Gasteiger partial charge in [0.25, 0.3) is 0 Å². The summed E-state index contributed by atoms with van der Waals surface area (Å²) in [6, 6.07) is -0.603. The largest absolute Gasteiger partial charge is 0.338 e. The topological polar surface area (TPSA) is 87.5 Å². The predicted octanol–water partition coefficient (Wildman–Crippen LogP) is 1.34. The molecule has 1 saturated heterocycles. The van der Waals surface area contributed by atoms with Crippen LogP contribution >= 0.6 is 12.4 Å². The van der Waals surface area contributed by atoms with Crippen LogP contribution in [-0.2, 0) is 4.79 Å². The fourth-order valence-electron chi connectivity index (χ4n) is 2.47. The number of halogens is 1. The average molecular weight is 335 g/mol. The number of urea groups is 1. The van der Waals surface area contributed by atoms with Gasteiger partial charge in [0.1, 0.15) is 0 Å². The molecule has 0 bridgehead atoms. The van der Waals surface area contributed by atoms with Gasteiger partial charge in [0.2, 0.25) is 5.91 Å². The van der Waals surface area contributed by atoms with Gasteiger partial charge in [-0.15, -0.1) is 12.4 Å². The van der Waals surface area contributed by atoms with E-state index in [4.69, 9.17) is 5.73 Å². The number of carbonyl (C=O) groups is 2. The molecule has 22 heavy (non-hydrogen) atoms. The molecule has 1 rings (SSSR count). The Morgan fingerprint density at radius 3 is 2.41 bits per heavy atom. The van der Waals surface area contributed by atoms with E-state index < -0.39 is 6.03 Å². The number of hydrogen-bond donors (Lipinski definition) is 3. The normalized spacial score (nSPS) is 22.6. The first-order chi connectivity index (χ1) is 9.63. The summed E-state index contributed by atoms with van der Waals surface area (Å²) < 4.78 is 0. The Morgan fingerprint density at radius 1 is 1.32 bits per heavy atom. The summed E-state index contributed by atoms with van der Waals surface area (Å²) in [5.41, 5.74) is 6.09. The fraction of sp³-hybridized carbons (Fsp3) is 0.867. The van der Waals surface area contributed by atoms with E-state index >= 15 is 0 Å². The SMILES string of the molecule is CC(C)CNC(=O)NC(=O)C(C)N1CCC(N)C(C)(C)C1.Cl. The summed E-state index contributed by atoms with van der Waals surface area (Å²) in [7, 11) is 0. The smallest absolute Gasteiger partial charge is 0.321 e. The molecule has 1 aliphatic rings. The Hall–Kier alpha value is -0.850. The van der Waals surface area contributed by atoms with Gasteiger partial charge in [0.05, 0.1) is 6.04 Å². The molecule has 2 unspecified atom stereocenters. The molecule has 1 fully saturated rings. The molecular weight excluding hydrogens is 304 g/mol. The first-order valence-corrected chi connectivity index (χ1v) is 7.72. The van der Waals surface area contributed by atoms with Gasteiger partial charge < -0.3 is 11.1 Å². The summed E-state index contributed by atoms with van der Waals surface area (Å²) in [6.07, 6.45) is 0.865. The van der Waals surface area contributed by atoms with Crippen molar-refractivity contribution in [3.63, 3.8) is 0 Å². The van der Waals surface area contributed by atoms with Crippen molar-refractivity contribution in [3.05, 3.63) is 0 Å². The number of nitrogens with two attached hydrogens (primary N) is 1. The van der Waals surface area contributed by atoms with Crippen LogP contribution < -0.4 is 16.4 Å². The second-order valence-electron chi connectivity index (χ2n) is 7.12. The number of rotatable bonds is 4. The zero-order valence-corrected chi connectivity index (χ0v) is 15.1. The maximum absolute atomic E-state index is 12.1. The van der Waals surface area contributed by atoms with Gasteiger partial charge in [-0.2, -0.15) is 0 Å². The van der Waals surface area contributed by atoms with Gasteiger partial charge in [0.15, 0.2) is 0 Å². The third-order valence-corrected chi connectivity index (χ3v) is 4.18. The van der Waals surface area contributed by atoms with Crippen LogP contribution in [0.3, 0.4) is 0 Å². The average Bonchev–Trinajstić information content (AvgIpc) is 2.38. The first kappa shape index (κ1) is 21.1. The number of amides is 3. The highest BCUT2D eigenvalue weighted by molar-refractivity contribution is 5.96. The standard InChI is InChI=1S/C15H30N4O2.ClH/c1-10(2)8-17-14(21)18-13(20)11(3)19-7-6-12(16)15(4,5)9-19;/h10-12H,6-9,16H2,1-5H3,(H2,17,18,20,21);1H. The van der Waals surface area contributed by atoms with Crippen molar-refractivity contribution in [1.82, 2.24) is 15.5 Å². The van der Waals surface area contributed by atoms with Crippen molar-refractivity contribution < 1.29 is 9.59 Å². The molecule has 1 aliphatic heterocycles. The molecule has 0 aromatic rings. The van der Waals surface area contributed by atoms with Crippen molar-refractivity contribution in [3.8, 4) is 0 Å². The van der Waals surface area contributed by atoms with Crippen molar-refractivity contribution in [2.45, 2.75) is 53.1 Å². The van der Waals surface area contributed by atoms with Crippen LogP contribution in [0.15, 0.2) is 0 Å². The Morgan fingerprint density at radius 2 is 1.91 bits per heavy atom. The van der Waals surface area contributed by atoms with Crippen molar-refractivity contribution in [2.24, 2.45) is 17.1 Å². The fourth-order valence-corrected chi connectivity index (χ4v) is 2.47. The molecule has 7 heteroatoms. The van der Waals surface area contributed by atoms with Crippen LogP contribution in [0.5, 0.6) is 0 Å². The molecule has 0 spiro atoms. The molecule has 1 heterocycles. The Labute approximate surface area is 140 Å². The molecule has 6 nitrogen and oxygen atoms in total. The van der Waals surface area contributed by atoms with Gasteiger partial charge in [0, 0.05) is 25.7 Å². The molecule has 0 aromatic heterocycles. The molecular formula is C15H31ClN4O2. The monoisotopic (exact) mass is 334 g/mol. The van der Waals surface area contributed by atoms with Crippen LogP contribution in [0.25, 0.3) is 0 Å². The van der Waals surface area contributed by atoms with Crippen molar-refractivity contribution in [1.29, 1.82) is 0 Å². The van der Waals surface area contributed by atoms with Crippen LogP contribution in [0.1, 0.15) is 41.0 Å². The minimum absolute atomic E-state index is 0. The van der Waals surface area contributed by atoms with Gasteiger partial charge in [-0.3, -0.25) is 15.0 Å². The number of carbonyl (C=O) groups excluding carboxylic acids is 2. The lowest BCUT2D eigenvalue weighted by Gasteiger charge is -2.44. The number of nitrogens with one attached hydrogen (secondary N) is 2. The predicted molar refractivity (Wildman–Crippen MR) is 91.0 cm³/mol. The molecule has 0 aliphatic carbocycles. The van der Waals surface area contributed by atoms with E-state index in [0.717, 1.165) is 19.5 Å². The second-order valence-corrected chi connectivity index (χ2v) is 7.12. The third kappa shape index (κ3) is 6.10. The molecule has 0 radical (unpaired) electrons. The molecule has 0 aromatic carbocycles. The van der Waals surface area contributed by atoms with Gasteiger partial charge in [-0.1, -0.05) is 27.7 Å². The maximum atomic E-state index is 12.1. The van der Waals surface area contributed by atoms with E-state index in [9.17, 15) is 9.59 Å². The lowest BCUT2D eigenvalue weighted by Crippen LogP contribution is -2.58. The van der Waals surface area contributed by atoms with Crippen LogP contribution in [0.2, 0.25) is 0 Å². The van der Waals surface area contributed by atoms with Gasteiger partial charge in [-0.05, 0) is 24.7 Å². The summed E-state index contributed by atoms with van der Waals surface area (Å²) in [4.78, 5) is 25.9. The Kier molecular flexibility index (Phi) is 8.36. The van der Waals surface area contributed by atoms with Crippen LogP contribution in [-0.4, -0.2) is 48.6 Å². The Balaban J connectivity index is 0.00000441. The minimum Gasteiger partial charge on any atom is -0.338 e. The minimum atomic E-state index is -0.423. The quantitative estimate of drug-likeness (QED) is 0.724. The van der Waals surface area contributed by atoms with Crippen LogP contribution in [0.4, 0.5) is 4.79 Å². The number of hydrogen-bond acceptors (Lipinski definition) is 4. The zero-order chi connectivity index (χ0) is 16.2. The summed E-state index contributed by atoms with van der Waals surface area (Å²) >= 11 is 0. The summed E-state index contributed by atoms with van der Waals surface area (Å²) in [5.74, 6) is 0.0928. The second kappa shape index (κ2) is 8.70. The highest BCUT2D eigenvalue weighted by Gasteiger charge is 2.36. The van der Waals surface area contributed by atoms with E-state index in [2.05, 4.69) is 29.4 Å². The van der Waals surface area contributed by atoms with E-state index in [1.165, 1.54) is 0 Å². The maximum Gasteiger partial charge on any atom is 0.321 e. The molecule has 3 amide bonds. The number of nitrogens with zero attached hydrogens (tertiary/aromatic N) is 1. The summed E-state index contributed by atoms with van der Waals surface area (Å²) in [6.45, 7) is 12.2. The van der Waals surface area contributed by atoms with Crippen molar-refractivity contribution in [2.75, 3.05) is 19.6 Å². The lowest BCUT2D eigenvalue weighted by molar-refractivity contribution is -0.126. The third-order valence-electron chi connectivity index (χ3n) is 4.18. The molecule has 2 atom stereocenters. The highest BCUT2D eigenvalue weighted by atomic mass is 35.5. The number of piperidine rings is 1. The first-order valence-electron chi connectivity index (χ1n) is 7.72. The van der Waals surface area contributed by atoms with Gasteiger partial charge >= 0.3 is 6.03 Å². The lowest BCUT2D eigenvalue weighted by atomic mass is 9.79. The van der Waals surface area contributed by atoms with Crippen LogP contribution in [0, 0.1) is 11.3 Å². The van der Waals surface area contributed by atoms with E-state index in [1.54, 1.807) is 0 Å². The number of imide groups is 1. The number of likely N-dealkylation sites (tertiary alicyclic amines) is 1. The Bertz CT molecular complexity index is 388. The van der Waals surface area contributed by atoms with E-state index in [1.807, 2.05) is 20.8 Å². The molecule has 130 valence electrons. The zero-order valence-electron chi connectivity index (χ0n) is 14.3. The molecule has 4 N–H and O–H groups in total. The van der Waals surface area contributed by atoms with Crippen molar-refractivity contribution >= 4 is 24.3 Å².